The number of nitrogens with zero attached hydrogens (tertiary/aromatic N) is 1. The van der Waals surface area contributed by atoms with E-state index in [-0.39, 0.29) is 5.41 Å². The van der Waals surface area contributed by atoms with E-state index in [4.69, 9.17) is 0 Å². The van der Waals surface area contributed by atoms with Crippen LogP contribution >= 0.6 is 15.9 Å². The maximum atomic E-state index is 9.53. The topological polar surface area (TPSA) is 23.8 Å². The van der Waals surface area contributed by atoms with Gasteiger partial charge in [0.1, 0.15) is 0 Å². The van der Waals surface area contributed by atoms with Crippen LogP contribution in [0, 0.1) is 22.7 Å². The van der Waals surface area contributed by atoms with Crippen LogP contribution in [0.1, 0.15) is 38.2 Å². The summed E-state index contributed by atoms with van der Waals surface area (Å²) in [6.45, 7) is 2.27. The minimum absolute atomic E-state index is 0.127. The molecule has 1 aliphatic rings. The molecule has 0 N–H and O–H groups in total. The second-order valence-electron chi connectivity index (χ2n) is 5.40. The van der Waals surface area contributed by atoms with Gasteiger partial charge in [-0.1, -0.05) is 47.8 Å². The molecule has 1 aromatic carbocycles. The van der Waals surface area contributed by atoms with Crippen molar-refractivity contribution in [3.8, 4) is 6.07 Å². The van der Waals surface area contributed by atoms with E-state index >= 15 is 0 Å². The Morgan fingerprint density at radius 3 is 3.00 bits per heavy atom. The highest BCUT2D eigenvalue weighted by molar-refractivity contribution is 9.10. The van der Waals surface area contributed by atoms with E-state index in [2.05, 4.69) is 47.1 Å². The van der Waals surface area contributed by atoms with Crippen LogP contribution in [0.15, 0.2) is 28.7 Å². The third-order valence-corrected chi connectivity index (χ3v) is 4.25. The first kappa shape index (κ1) is 12.6. The molecule has 0 bridgehead atoms. The van der Waals surface area contributed by atoms with Crippen molar-refractivity contribution in [2.75, 3.05) is 0 Å². The van der Waals surface area contributed by atoms with Gasteiger partial charge < -0.3 is 0 Å². The molecule has 0 radical (unpaired) electrons. The van der Waals surface area contributed by atoms with Crippen molar-refractivity contribution in [1.29, 1.82) is 5.26 Å². The van der Waals surface area contributed by atoms with Gasteiger partial charge >= 0.3 is 0 Å². The second kappa shape index (κ2) is 5.23. The average molecular weight is 292 g/mol. The van der Waals surface area contributed by atoms with Crippen LogP contribution in [0.2, 0.25) is 0 Å². The van der Waals surface area contributed by atoms with Gasteiger partial charge in [-0.15, -0.1) is 0 Å². The molecule has 0 spiro atoms. The van der Waals surface area contributed by atoms with Crippen molar-refractivity contribution in [2.45, 2.75) is 39.0 Å². The first-order valence-electron chi connectivity index (χ1n) is 6.29. The van der Waals surface area contributed by atoms with Gasteiger partial charge in [-0.2, -0.15) is 5.26 Å². The standard InChI is InChI=1S/C15H18BrN/c1-12-4-3-7-15(9-12,11-17)10-13-5-2-6-14(16)8-13/h2,5-6,8,12H,3-4,7,9-10H2,1H3. The molecule has 0 amide bonds. The lowest BCUT2D eigenvalue weighted by molar-refractivity contribution is 0.209. The number of hydrogen-bond acceptors (Lipinski definition) is 1. The lowest BCUT2D eigenvalue weighted by atomic mass is 9.68. The van der Waals surface area contributed by atoms with Gasteiger partial charge in [0.25, 0.3) is 0 Å². The zero-order chi connectivity index (χ0) is 12.3. The van der Waals surface area contributed by atoms with E-state index < -0.39 is 0 Å². The van der Waals surface area contributed by atoms with Crippen molar-refractivity contribution < 1.29 is 0 Å². The summed E-state index contributed by atoms with van der Waals surface area (Å²) in [6, 6.07) is 11.0. The van der Waals surface area contributed by atoms with Crippen molar-refractivity contribution in [3.05, 3.63) is 34.3 Å². The van der Waals surface area contributed by atoms with E-state index in [1.807, 2.05) is 6.07 Å². The maximum Gasteiger partial charge on any atom is 0.0693 e. The van der Waals surface area contributed by atoms with Crippen molar-refractivity contribution >= 4 is 15.9 Å². The summed E-state index contributed by atoms with van der Waals surface area (Å²) in [5.74, 6) is 0.690. The molecule has 1 aliphatic carbocycles. The van der Waals surface area contributed by atoms with E-state index in [9.17, 15) is 5.26 Å². The zero-order valence-electron chi connectivity index (χ0n) is 10.2. The van der Waals surface area contributed by atoms with Crippen LogP contribution in [0.3, 0.4) is 0 Å². The normalized spacial score (nSPS) is 28.6. The minimum Gasteiger partial charge on any atom is -0.198 e. The molecule has 2 heteroatoms. The number of nitriles is 1. The number of hydrogen-bond donors (Lipinski definition) is 0. The summed E-state index contributed by atoms with van der Waals surface area (Å²) >= 11 is 3.50. The van der Waals surface area contributed by atoms with Crippen LogP contribution in [0.4, 0.5) is 0 Å². The van der Waals surface area contributed by atoms with Crippen LogP contribution in [-0.2, 0) is 6.42 Å². The summed E-state index contributed by atoms with van der Waals surface area (Å²) in [6.07, 6.45) is 5.48. The lowest BCUT2D eigenvalue weighted by Crippen LogP contribution is -2.28. The molecule has 0 heterocycles. The monoisotopic (exact) mass is 291 g/mol. The smallest absolute Gasteiger partial charge is 0.0693 e. The Balaban J connectivity index is 2.17. The SMILES string of the molecule is CC1CCCC(C#N)(Cc2cccc(Br)c2)C1. The quantitative estimate of drug-likeness (QED) is 0.774. The molecular formula is C15H18BrN. The summed E-state index contributed by atoms with van der Waals surface area (Å²) in [5, 5.41) is 9.53. The van der Waals surface area contributed by atoms with E-state index in [1.165, 1.54) is 18.4 Å². The zero-order valence-corrected chi connectivity index (χ0v) is 11.8. The Hall–Kier alpha value is -0.810. The molecule has 1 nitrogen and oxygen atoms in total. The predicted molar refractivity (Wildman–Crippen MR) is 73.5 cm³/mol. The second-order valence-corrected chi connectivity index (χ2v) is 6.32. The Labute approximate surface area is 112 Å². The minimum atomic E-state index is -0.127. The van der Waals surface area contributed by atoms with E-state index in [1.54, 1.807) is 0 Å². The third kappa shape index (κ3) is 3.10. The summed E-state index contributed by atoms with van der Waals surface area (Å²) in [4.78, 5) is 0. The molecular weight excluding hydrogens is 274 g/mol. The highest BCUT2D eigenvalue weighted by Crippen LogP contribution is 2.41. The number of rotatable bonds is 2. The average Bonchev–Trinajstić information content (AvgIpc) is 2.29. The highest BCUT2D eigenvalue weighted by Gasteiger charge is 2.35. The summed E-state index contributed by atoms with van der Waals surface area (Å²) in [5.41, 5.74) is 1.15. The van der Waals surface area contributed by atoms with Crippen LogP contribution in [-0.4, -0.2) is 0 Å². The molecule has 90 valence electrons. The van der Waals surface area contributed by atoms with Gasteiger partial charge in [0, 0.05) is 4.47 Å². The maximum absolute atomic E-state index is 9.53. The highest BCUT2D eigenvalue weighted by atomic mass is 79.9. The molecule has 0 saturated heterocycles. The van der Waals surface area contributed by atoms with Gasteiger partial charge in [0.05, 0.1) is 11.5 Å². The summed E-state index contributed by atoms with van der Waals surface area (Å²) in [7, 11) is 0. The Bertz CT molecular complexity index is 435. The van der Waals surface area contributed by atoms with Gasteiger partial charge in [-0.05, 0) is 42.9 Å². The van der Waals surface area contributed by atoms with Crippen LogP contribution in [0.25, 0.3) is 0 Å². The fourth-order valence-electron chi connectivity index (χ4n) is 3.00. The fourth-order valence-corrected chi connectivity index (χ4v) is 3.45. The molecule has 0 aromatic heterocycles. The Morgan fingerprint density at radius 1 is 1.53 bits per heavy atom. The van der Waals surface area contributed by atoms with Crippen molar-refractivity contribution in [2.24, 2.45) is 11.3 Å². The molecule has 2 rings (SSSR count). The number of benzene rings is 1. The molecule has 2 unspecified atom stereocenters. The van der Waals surface area contributed by atoms with E-state index in [0.29, 0.717) is 5.92 Å². The van der Waals surface area contributed by atoms with Gasteiger partial charge in [-0.25, -0.2) is 0 Å². The Morgan fingerprint density at radius 2 is 2.35 bits per heavy atom. The lowest BCUT2D eigenvalue weighted by Gasteiger charge is -2.34. The van der Waals surface area contributed by atoms with Gasteiger partial charge in [-0.3, -0.25) is 0 Å². The van der Waals surface area contributed by atoms with Crippen LogP contribution in [0.5, 0.6) is 0 Å². The number of halogens is 1. The first-order chi connectivity index (χ1) is 8.13. The first-order valence-corrected chi connectivity index (χ1v) is 7.09. The van der Waals surface area contributed by atoms with Gasteiger partial charge in [0.2, 0.25) is 0 Å². The molecule has 1 fully saturated rings. The molecule has 2 atom stereocenters. The van der Waals surface area contributed by atoms with Crippen LogP contribution < -0.4 is 0 Å². The van der Waals surface area contributed by atoms with E-state index in [0.717, 1.165) is 23.7 Å². The molecule has 1 saturated carbocycles. The van der Waals surface area contributed by atoms with Crippen molar-refractivity contribution in [3.63, 3.8) is 0 Å². The Kier molecular flexibility index (Phi) is 3.89. The predicted octanol–water partition coefficient (Wildman–Crippen LogP) is 4.71. The molecule has 17 heavy (non-hydrogen) atoms. The molecule has 0 aliphatic heterocycles. The largest absolute Gasteiger partial charge is 0.198 e. The fraction of sp³-hybridized carbons (Fsp3) is 0.533. The van der Waals surface area contributed by atoms with Gasteiger partial charge in [0.15, 0.2) is 0 Å². The summed E-state index contributed by atoms with van der Waals surface area (Å²) < 4.78 is 1.10. The third-order valence-electron chi connectivity index (χ3n) is 3.76. The van der Waals surface area contributed by atoms with Crippen molar-refractivity contribution in [1.82, 2.24) is 0 Å². The molecule has 1 aromatic rings.